The van der Waals surface area contributed by atoms with Gasteiger partial charge in [0, 0.05) is 24.3 Å². The van der Waals surface area contributed by atoms with Gasteiger partial charge in [0.25, 0.3) is 0 Å². The third-order valence-corrected chi connectivity index (χ3v) is 11.0. The van der Waals surface area contributed by atoms with Crippen molar-refractivity contribution in [1.29, 1.82) is 0 Å². The summed E-state index contributed by atoms with van der Waals surface area (Å²) in [6.07, 6.45) is 36.8. The molecule has 0 heterocycles. The highest BCUT2D eigenvalue weighted by Gasteiger charge is 2.29. The molecule has 0 saturated carbocycles. The van der Waals surface area contributed by atoms with Gasteiger partial charge in [-0.15, -0.1) is 4.91 Å². The number of hydrogen-bond donors (Lipinski definition) is 1. The Morgan fingerprint density at radius 3 is 1.25 bits per heavy atom. The number of rotatable bonds is 43. The maximum atomic E-state index is 12.7. The van der Waals surface area contributed by atoms with Gasteiger partial charge in [0.1, 0.15) is 6.61 Å². The van der Waals surface area contributed by atoms with E-state index in [1.54, 1.807) is 7.05 Å². The predicted molar refractivity (Wildman–Crippen MR) is 219 cm³/mol. The minimum atomic E-state index is -4.28. The van der Waals surface area contributed by atoms with Gasteiger partial charge in [0.15, 0.2) is 6.10 Å². The molecule has 0 aromatic heterocycles. The van der Waals surface area contributed by atoms with Gasteiger partial charge in [-0.3, -0.25) is 18.6 Å². The Morgan fingerprint density at radius 2 is 0.887 bits per heavy atom. The summed E-state index contributed by atoms with van der Waals surface area (Å²) in [6, 6.07) is 0. The molecule has 0 aliphatic heterocycles. The highest BCUT2D eigenvalue weighted by atomic mass is 31.2. The molecule has 0 saturated heterocycles. The standard InChI is InChI=1S/C42H83N2O8P/c1-4-6-8-10-12-14-16-18-20-22-24-26-28-30-32-34-41(45)49-38-40(39-51-53(48,44-47)50-37-36-43-3)52-42(46)35-33-31-29-27-25-23-21-19-17-15-13-11-9-7-5-2/h40,43H,4-39H2,1-3H3. The Kier molecular flexibility index (Phi) is 39.3. The van der Waals surface area contributed by atoms with Crippen LogP contribution < -0.4 is 5.32 Å². The van der Waals surface area contributed by atoms with Crippen molar-refractivity contribution in [3.8, 4) is 0 Å². The van der Waals surface area contributed by atoms with E-state index in [1.807, 2.05) is 0 Å². The van der Waals surface area contributed by atoms with Gasteiger partial charge in [-0.05, 0) is 19.9 Å². The SMILES string of the molecule is CCCCCCCCCCCCCCCCCC(=O)OCC(COP(=O)(N=O)OCCNC)OC(=O)CCCCCCCCCCCCCCCCC. The van der Waals surface area contributed by atoms with E-state index in [0.717, 1.165) is 32.1 Å². The number of carbonyl (C=O) groups is 2. The molecule has 314 valence electrons. The number of nitrogens with one attached hydrogen (secondary N) is 1. The van der Waals surface area contributed by atoms with Gasteiger partial charge in [-0.2, -0.15) is 0 Å². The molecule has 2 atom stereocenters. The number of esters is 2. The van der Waals surface area contributed by atoms with Crippen LogP contribution in [0, 0.1) is 4.91 Å². The van der Waals surface area contributed by atoms with E-state index in [4.69, 9.17) is 18.5 Å². The first-order valence-corrected chi connectivity index (χ1v) is 23.6. The Labute approximate surface area is 325 Å². The van der Waals surface area contributed by atoms with Gasteiger partial charge in [-0.1, -0.05) is 194 Å². The highest BCUT2D eigenvalue weighted by molar-refractivity contribution is 7.52. The lowest BCUT2D eigenvalue weighted by atomic mass is 10.0. The molecule has 0 rings (SSSR count). The molecule has 10 nitrogen and oxygen atoms in total. The van der Waals surface area contributed by atoms with Crippen LogP contribution in [0.25, 0.3) is 0 Å². The third-order valence-electron chi connectivity index (χ3n) is 9.83. The molecular weight excluding hydrogens is 691 g/mol. The van der Waals surface area contributed by atoms with Crippen molar-refractivity contribution in [3.63, 3.8) is 0 Å². The Balaban J connectivity index is 4.27. The topological polar surface area (TPSA) is 130 Å². The fraction of sp³-hybridized carbons (Fsp3) is 0.952. The van der Waals surface area contributed by atoms with Crippen molar-refractivity contribution in [2.24, 2.45) is 4.95 Å². The molecule has 11 heteroatoms. The van der Waals surface area contributed by atoms with E-state index in [9.17, 15) is 19.1 Å². The van der Waals surface area contributed by atoms with Gasteiger partial charge >= 0.3 is 19.7 Å². The van der Waals surface area contributed by atoms with E-state index in [-0.39, 0.29) is 32.0 Å². The first-order valence-electron chi connectivity index (χ1n) is 22.1. The van der Waals surface area contributed by atoms with Gasteiger partial charge in [-0.25, -0.2) is 4.57 Å². The number of likely N-dealkylation sites (N-methyl/N-ethyl adjacent to an activating group) is 1. The Hall–Kier alpha value is -1.35. The zero-order chi connectivity index (χ0) is 38.9. The van der Waals surface area contributed by atoms with Gasteiger partial charge in [0.05, 0.1) is 13.2 Å². The van der Waals surface area contributed by atoms with Crippen LogP contribution in [0.15, 0.2) is 4.95 Å². The number of nitroso groups, excluding NO2 is 1. The van der Waals surface area contributed by atoms with Crippen LogP contribution in [0.2, 0.25) is 0 Å². The molecule has 53 heavy (non-hydrogen) atoms. The highest BCUT2D eigenvalue weighted by Crippen LogP contribution is 2.49. The van der Waals surface area contributed by atoms with E-state index in [2.05, 4.69) is 24.1 Å². The van der Waals surface area contributed by atoms with E-state index >= 15 is 0 Å². The average Bonchev–Trinajstić information content (AvgIpc) is 3.16. The van der Waals surface area contributed by atoms with Crippen LogP contribution in [0.3, 0.4) is 0 Å². The third kappa shape index (κ3) is 37.4. The van der Waals surface area contributed by atoms with Crippen molar-refractivity contribution in [1.82, 2.24) is 5.32 Å². The molecule has 0 aliphatic rings. The maximum absolute atomic E-state index is 12.7. The smallest absolute Gasteiger partial charge is 0.462 e. The predicted octanol–water partition coefficient (Wildman–Crippen LogP) is 13.1. The second-order valence-corrected chi connectivity index (χ2v) is 16.6. The second kappa shape index (κ2) is 40.3. The molecular formula is C42H83N2O8P. The lowest BCUT2D eigenvalue weighted by molar-refractivity contribution is -0.161. The summed E-state index contributed by atoms with van der Waals surface area (Å²) in [4.78, 5) is 38.9. The molecule has 1 N–H and O–H groups in total. The summed E-state index contributed by atoms with van der Waals surface area (Å²) in [6.45, 7) is 4.13. The van der Waals surface area contributed by atoms with Crippen LogP contribution in [-0.4, -0.2) is 51.5 Å². The minimum absolute atomic E-state index is 0.0442. The molecule has 0 amide bonds. The fourth-order valence-corrected chi connectivity index (χ4v) is 7.27. The summed E-state index contributed by atoms with van der Waals surface area (Å²) in [7, 11) is -2.59. The van der Waals surface area contributed by atoms with Crippen LogP contribution in [-0.2, 0) is 32.7 Å². The average molecular weight is 775 g/mol. The summed E-state index contributed by atoms with van der Waals surface area (Å²) < 4.78 is 33.8. The van der Waals surface area contributed by atoms with Crippen molar-refractivity contribution in [2.45, 2.75) is 225 Å². The maximum Gasteiger partial charge on any atom is 0.489 e. The van der Waals surface area contributed by atoms with Gasteiger partial charge < -0.3 is 14.8 Å². The number of unbranched alkanes of at least 4 members (excludes halogenated alkanes) is 28. The molecule has 0 aromatic rings. The molecule has 2 unspecified atom stereocenters. The molecule has 0 aliphatic carbocycles. The van der Waals surface area contributed by atoms with E-state index in [0.29, 0.717) is 13.0 Å². The number of ether oxygens (including phenoxy) is 2. The van der Waals surface area contributed by atoms with Crippen molar-refractivity contribution >= 4 is 19.7 Å². The summed E-state index contributed by atoms with van der Waals surface area (Å²) in [5, 5.41) is 2.82. The quantitative estimate of drug-likeness (QED) is 0.0278. The second-order valence-electron chi connectivity index (χ2n) is 15.0. The number of nitrogens with zero attached hydrogens (tertiary/aromatic N) is 1. The first-order chi connectivity index (χ1) is 25.9. The van der Waals surface area contributed by atoms with Crippen LogP contribution >= 0.6 is 7.75 Å². The van der Waals surface area contributed by atoms with Crippen LogP contribution in [0.1, 0.15) is 219 Å². The van der Waals surface area contributed by atoms with Crippen LogP contribution in [0.4, 0.5) is 0 Å². The van der Waals surface area contributed by atoms with E-state index < -0.39 is 26.4 Å². The normalized spacial score (nSPS) is 13.1. The molecule has 0 bridgehead atoms. The first kappa shape index (κ1) is 51.6. The largest absolute Gasteiger partial charge is 0.489 e. The zero-order valence-corrected chi connectivity index (χ0v) is 35.6. The van der Waals surface area contributed by atoms with Crippen LogP contribution in [0.5, 0.6) is 0 Å². The Morgan fingerprint density at radius 1 is 0.528 bits per heavy atom. The number of carbonyl (C=O) groups excluding carboxylic acids is 2. The zero-order valence-electron chi connectivity index (χ0n) is 34.7. The summed E-state index contributed by atoms with van der Waals surface area (Å²) >= 11 is 0. The summed E-state index contributed by atoms with van der Waals surface area (Å²) in [5.74, 6) is -0.832. The summed E-state index contributed by atoms with van der Waals surface area (Å²) in [5.41, 5.74) is 0. The monoisotopic (exact) mass is 775 g/mol. The molecule has 0 radical (unpaired) electrons. The number of hydrogen-bond acceptors (Lipinski definition) is 9. The molecule has 0 spiro atoms. The lowest BCUT2D eigenvalue weighted by Crippen LogP contribution is -2.29. The van der Waals surface area contributed by atoms with Crippen molar-refractivity contribution in [2.75, 3.05) is 33.4 Å². The molecule has 0 aromatic carbocycles. The lowest BCUT2D eigenvalue weighted by Gasteiger charge is -2.19. The van der Waals surface area contributed by atoms with Crippen molar-refractivity contribution in [3.05, 3.63) is 4.91 Å². The van der Waals surface area contributed by atoms with E-state index in [1.165, 1.54) is 154 Å². The fourth-order valence-electron chi connectivity index (χ4n) is 6.43. The molecule has 0 fully saturated rings. The van der Waals surface area contributed by atoms with Crippen molar-refractivity contribution < 1.29 is 32.7 Å². The minimum Gasteiger partial charge on any atom is -0.462 e. The Bertz CT molecular complexity index is 878. The van der Waals surface area contributed by atoms with Gasteiger partial charge in [0.2, 0.25) is 0 Å².